The van der Waals surface area contributed by atoms with Gasteiger partial charge in [0.1, 0.15) is 5.76 Å². The fourth-order valence-corrected chi connectivity index (χ4v) is 2.38. The summed E-state index contributed by atoms with van der Waals surface area (Å²) in [5.74, 6) is 1.13. The lowest BCUT2D eigenvalue weighted by Crippen LogP contribution is -2.45. The molecule has 0 bridgehead atoms. The maximum absolute atomic E-state index is 5.58. The molecule has 0 aromatic carbocycles. The van der Waals surface area contributed by atoms with E-state index in [0.29, 0.717) is 6.04 Å². The summed E-state index contributed by atoms with van der Waals surface area (Å²) >= 11 is 0. The van der Waals surface area contributed by atoms with Gasteiger partial charge >= 0.3 is 0 Å². The fourth-order valence-electron chi connectivity index (χ4n) is 2.38. The van der Waals surface area contributed by atoms with Gasteiger partial charge in [-0.3, -0.25) is 4.90 Å². The smallest absolute Gasteiger partial charge is 0.120 e. The van der Waals surface area contributed by atoms with E-state index >= 15 is 0 Å². The molecule has 1 aliphatic heterocycles. The van der Waals surface area contributed by atoms with Crippen molar-refractivity contribution < 1.29 is 4.42 Å². The summed E-state index contributed by atoms with van der Waals surface area (Å²) in [4.78, 5) is 2.55. The van der Waals surface area contributed by atoms with Gasteiger partial charge in [-0.25, -0.2) is 0 Å². The Morgan fingerprint density at radius 3 is 2.61 bits per heavy atom. The normalized spacial score (nSPS) is 17.6. The number of rotatable bonds is 5. The highest BCUT2D eigenvalue weighted by Crippen LogP contribution is 2.26. The average Bonchev–Trinajstić information content (AvgIpc) is 2.85. The van der Waals surface area contributed by atoms with Crippen molar-refractivity contribution in [2.75, 3.05) is 26.2 Å². The second-order valence-corrected chi connectivity index (χ2v) is 4.46. The summed E-state index contributed by atoms with van der Waals surface area (Å²) in [6.45, 7) is 6.72. The topological polar surface area (TPSA) is 28.4 Å². The molecule has 0 aliphatic carbocycles. The minimum atomic E-state index is 0. The quantitative estimate of drug-likeness (QED) is 0.904. The van der Waals surface area contributed by atoms with Gasteiger partial charge in [0.05, 0.1) is 12.3 Å². The molecule has 0 saturated carbocycles. The maximum Gasteiger partial charge on any atom is 0.120 e. The minimum Gasteiger partial charge on any atom is -0.468 e. The highest BCUT2D eigenvalue weighted by molar-refractivity contribution is 5.85. The zero-order valence-corrected chi connectivity index (χ0v) is 12.6. The van der Waals surface area contributed by atoms with Crippen molar-refractivity contribution in [1.82, 2.24) is 10.2 Å². The van der Waals surface area contributed by atoms with Crippen LogP contribution in [0.1, 0.15) is 38.0 Å². The van der Waals surface area contributed by atoms with Crippen molar-refractivity contribution in [1.29, 1.82) is 0 Å². The first-order chi connectivity index (χ1) is 7.92. The summed E-state index contributed by atoms with van der Waals surface area (Å²) in [7, 11) is 0. The summed E-state index contributed by atoms with van der Waals surface area (Å²) in [5, 5.41) is 3.40. The van der Waals surface area contributed by atoms with Crippen LogP contribution in [0.2, 0.25) is 0 Å². The molecule has 0 spiro atoms. The van der Waals surface area contributed by atoms with E-state index in [1.54, 1.807) is 6.26 Å². The van der Waals surface area contributed by atoms with Gasteiger partial charge in [-0.1, -0.05) is 19.8 Å². The Kier molecular flexibility index (Phi) is 9.56. The highest BCUT2D eigenvalue weighted by Gasteiger charge is 2.23. The van der Waals surface area contributed by atoms with E-state index in [0.717, 1.165) is 31.9 Å². The molecule has 18 heavy (non-hydrogen) atoms. The highest BCUT2D eigenvalue weighted by atomic mass is 35.5. The summed E-state index contributed by atoms with van der Waals surface area (Å²) in [6.07, 6.45) is 5.53. The van der Waals surface area contributed by atoms with Gasteiger partial charge in [0.15, 0.2) is 0 Å². The Hall–Kier alpha value is -0.220. The van der Waals surface area contributed by atoms with Gasteiger partial charge in [-0.05, 0) is 18.6 Å². The minimum absolute atomic E-state index is 0. The van der Waals surface area contributed by atoms with Gasteiger partial charge in [0, 0.05) is 26.2 Å². The molecule has 1 aromatic heterocycles. The van der Waals surface area contributed by atoms with Crippen LogP contribution in [-0.4, -0.2) is 31.1 Å². The molecule has 0 radical (unpaired) electrons. The molecule has 0 unspecified atom stereocenters. The number of nitrogens with one attached hydrogen (secondary N) is 1. The van der Waals surface area contributed by atoms with Crippen LogP contribution in [0.25, 0.3) is 0 Å². The fraction of sp³-hybridized carbons (Fsp3) is 0.692. The standard InChI is InChI=1S/C13H22N2O.2ClH/c1-2-3-5-12(13-6-4-11-16-13)15-9-7-14-8-10-15;;/h4,6,11-12,14H,2-3,5,7-10H2,1H3;2*1H/t12-;;/m0../s1. The Morgan fingerprint density at radius 1 is 1.33 bits per heavy atom. The molecule has 1 atom stereocenters. The van der Waals surface area contributed by atoms with Crippen molar-refractivity contribution >= 4 is 24.8 Å². The second-order valence-electron chi connectivity index (χ2n) is 4.46. The molecule has 0 amide bonds. The third-order valence-corrected chi connectivity index (χ3v) is 3.30. The Bertz CT molecular complexity index is 287. The van der Waals surface area contributed by atoms with Gasteiger partial charge in [-0.2, -0.15) is 0 Å². The predicted molar refractivity (Wildman–Crippen MR) is 79.9 cm³/mol. The molecule has 2 heterocycles. The van der Waals surface area contributed by atoms with Crippen molar-refractivity contribution in [3.8, 4) is 0 Å². The van der Waals surface area contributed by atoms with Crippen LogP contribution >= 0.6 is 24.8 Å². The van der Waals surface area contributed by atoms with E-state index in [9.17, 15) is 0 Å². The predicted octanol–water partition coefficient (Wildman–Crippen LogP) is 3.26. The van der Waals surface area contributed by atoms with Crippen molar-refractivity contribution in [3.05, 3.63) is 24.2 Å². The van der Waals surface area contributed by atoms with Crippen LogP contribution in [0.3, 0.4) is 0 Å². The monoisotopic (exact) mass is 294 g/mol. The lowest BCUT2D eigenvalue weighted by molar-refractivity contribution is 0.144. The Labute approximate surface area is 122 Å². The number of hydrogen-bond acceptors (Lipinski definition) is 3. The van der Waals surface area contributed by atoms with Crippen LogP contribution in [0.15, 0.2) is 22.8 Å². The largest absolute Gasteiger partial charge is 0.468 e. The van der Waals surface area contributed by atoms with Crippen LogP contribution in [0.4, 0.5) is 0 Å². The van der Waals surface area contributed by atoms with Crippen LogP contribution < -0.4 is 5.32 Å². The number of nitrogens with zero attached hydrogens (tertiary/aromatic N) is 1. The molecular formula is C13H24Cl2N2O. The van der Waals surface area contributed by atoms with E-state index in [1.807, 2.05) is 6.07 Å². The van der Waals surface area contributed by atoms with E-state index < -0.39 is 0 Å². The molecule has 1 fully saturated rings. The molecule has 5 heteroatoms. The lowest BCUT2D eigenvalue weighted by atomic mass is 10.0. The lowest BCUT2D eigenvalue weighted by Gasteiger charge is -2.33. The number of hydrogen-bond donors (Lipinski definition) is 1. The molecule has 1 N–H and O–H groups in total. The van der Waals surface area contributed by atoms with E-state index in [1.165, 1.54) is 19.3 Å². The summed E-state index contributed by atoms with van der Waals surface area (Å²) < 4.78 is 5.58. The molecular weight excluding hydrogens is 271 g/mol. The van der Waals surface area contributed by atoms with E-state index in [4.69, 9.17) is 4.42 Å². The first-order valence-corrected chi connectivity index (χ1v) is 6.40. The molecule has 3 nitrogen and oxygen atoms in total. The van der Waals surface area contributed by atoms with Crippen LogP contribution in [0, 0.1) is 0 Å². The van der Waals surface area contributed by atoms with Crippen molar-refractivity contribution in [2.45, 2.75) is 32.2 Å². The Morgan fingerprint density at radius 2 is 2.06 bits per heavy atom. The second kappa shape index (κ2) is 9.68. The number of furan rings is 1. The number of piperazine rings is 1. The van der Waals surface area contributed by atoms with Crippen molar-refractivity contribution in [2.24, 2.45) is 0 Å². The molecule has 1 aliphatic rings. The summed E-state index contributed by atoms with van der Waals surface area (Å²) in [6, 6.07) is 4.59. The van der Waals surface area contributed by atoms with Gasteiger partial charge in [0.2, 0.25) is 0 Å². The van der Waals surface area contributed by atoms with Gasteiger partial charge < -0.3 is 9.73 Å². The molecule has 106 valence electrons. The average molecular weight is 295 g/mol. The van der Waals surface area contributed by atoms with E-state index in [-0.39, 0.29) is 24.8 Å². The number of unbranched alkanes of at least 4 members (excludes halogenated alkanes) is 1. The third kappa shape index (κ3) is 4.81. The number of halogens is 2. The molecule has 2 rings (SSSR count). The van der Waals surface area contributed by atoms with Crippen LogP contribution in [-0.2, 0) is 0 Å². The summed E-state index contributed by atoms with van der Waals surface area (Å²) in [5.41, 5.74) is 0. The third-order valence-electron chi connectivity index (χ3n) is 3.30. The van der Waals surface area contributed by atoms with Gasteiger partial charge in [-0.15, -0.1) is 24.8 Å². The molecule has 1 saturated heterocycles. The van der Waals surface area contributed by atoms with Gasteiger partial charge in [0.25, 0.3) is 0 Å². The zero-order chi connectivity index (χ0) is 11.2. The molecule has 1 aromatic rings. The van der Waals surface area contributed by atoms with Crippen LogP contribution in [0.5, 0.6) is 0 Å². The van der Waals surface area contributed by atoms with E-state index in [2.05, 4.69) is 23.2 Å². The SMILES string of the molecule is CCCC[C@@H](c1ccco1)N1CCNCC1.Cl.Cl. The first-order valence-electron chi connectivity index (χ1n) is 6.40. The first kappa shape index (κ1) is 17.8. The zero-order valence-electron chi connectivity index (χ0n) is 10.9. The van der Waals surface area contributed by atoms with Crippen molar-refractivity contribution in [3.63, 3.8) is 0 Å². The Balaban J connectivity index is 0.00000144. The maximum atomic E-state index is 5.58.